The standard InChI is InChI=1S/C12H14N2O5/c1-7(15)14-9-4-2-8(3-5-9)11(17)13-6-10(16)12(18)19/h2-5,10,16H,6H2,1H3,(H,13,17)(H,14,15)(H,18,19)/t10-/m0/s1. The fourth-order valence-electron chi connectivity index (χ4n) is 1.29. The zero-order valence-electron chi connectivity index (χ0n) is 10.2. The lowest BCUT2D eigenvalue weighted by Crippen LogP contribution is -2.36. The van der Waals surface area contributed by atoms with Crippen molar-refractivity contribution in [3.63, 3.8) is 0 Å². The van der Waals surface area contributed by atoms with Crippen LogP contribution >= 0.6 is 0 Å². The first-order chi connectivity index (χ1) is 8.90. The largest absolute Gasteiger partial charge is 0.479 e. The van der Waals surface area contributed by atoms with Gasteiger partial charge in [0.2, 0.25) is 5.91 Å². The SMILES string of the molecule is CC(=O)Nc1ccc(C(=O)NC[C@H](O)C(=O)O)cc1. The van der Waals surface area contributed by atoms with Gasteiger partial charge in [0.05, 0.1) is 6.54 Å². The summed E-state index contributed by atoms with van der Waals surface area (Å²) >= 11 is 0. The van der Waals surface area contributed by atoms with Crippen LogP contribution in [0.3, 0.4) is 0 Å². The summed E-state index contributed by atoms with van der Waals surface area (Å²) in [7, 11) is 0. The van der Waals surface area contributed by atoms with Crippen LogP contribution in [0.1, 0.15) is 17.3 Å². The van der Waals surface area contributed by atoms with Crippen molar-refractivity contribution in [1.82, 2.24) is 5.32 Å². The molecule has 0 aliphatic carbocycles. The van der Waals surface area contributed by atoms with E-state index in [9.17, 15) is 14.4 Å². The molecule has 0 unspecified atom stereocenters. The number of aliphatic hydroxyl groups is 1. The molecular weight excluding hydrogens is 252 g/mol. The van der Waals surface area contributed by atoms with E-state index in [0.717, 1.165) is 0 Å². The molecule has 2 amide bonds. The lowest BCUT2D eigenvalue weighted by atomic mass is 10.2. The number of carboxylic acid groups (broad SMARTS) is 1. The number of carboxylic acids is 1. The fourth-order valence-corrected chi connectivity index (χ4v) is 1.29. The van der Waals surface area contributed by atoms with Gasteiger partial charge in [0.15, 0.2) is 6.10 Å². The molecule has 7 heteroatoms. The van der Waals surface area contributed by atoms with Gasteiger partial charge < -0.3 is 20.8 Å². The Bertz CT molecular complexity index is 483. The number of amides is 2. The Morgan fingerprint density at radius 3 is 2.26 bits per heavy atom. The highest BCUT2D eigenvalue weighted by Gasteiger charge is 2.14. The molecule has 1 aromatic carbocycles. The second-order valence-electron chi connectivity index (χ2n) is 3.82. The third kappa shape index (κ3) is 4.76. The molecular formula is C12H14N2O5. The number of aliphatic carboxylic acids is 1. The second kappa shape index (κ2) is 6.50. The third-order valence-corrected chi connectivity index (χ3v) is 2.21. The Labute approximate surface area is 109 Å². The van der Waals surface area contributed by atoms with E-state index in [0.29, 0.717) is 11.3 Å². The molecule has 1 aromatic rings. The first-order valence-corrected chi connectivity index (χ1v) is 5.47. The molecule has 1 atom stereocenters. The molecule has 0 aromatic heterocycles. The zero-order valence-corrected chi connectivity index (χ0v) is 10.2. The third-order valence-electron chi connectivity index (χ3n) is 2.21. The van der Waals surface area contributed by atoms with Crippen LogP contribution in [0.4, 0.5) is 5.69 Å². The molecule has 0 radical (unpaired) electrons. The summed E-state index contributed by atoms with van der Waals surface area (Å²) in [6.07, 6.45) is -1.64. The molecule has 19 heavy (non-hydrogen) atoms. The first kappa shape index (κ1) is 14.7. The molecule has 1 rings (SSSR count). The molecule has 0 saturated heterocycles. The van der Waals surface area contributed by atoms with E-state index in [1.807, 2.05) is 0 Å². The molecule has 0 fully saturated rings. The van der Waals surface area contributed by atoms with Crippen LogP contribution in [0.2, 0.25) is 0 Å². The lowest BCUT2D eigenvalue weighted by Gasteiger charge is -2.08. The minimum absolute atomic E-state index is 0.221. The van der Waals surface area contributed by atoms with Gasteiger partial charge in [-0.2, -0.15) is 0 Å². The van der Waals surface area contributed by atoms with Gasteiger partial charge in [0.1, 0.15) is 0 Å². The van der Waals surface area contributed by atoms with Crippen LogP contribution in [-0.2, 0) is 9.59 Å². The van der Waals surface area contributed by atoms with E-state index in [-0.39, 0.29) is 12.5 Å². The van der Waals surface area contributed by atoms with Crippen LogP contribution in [0.15, 0.2) is 24.3 Å². The van der Waals surface area contributed by atoms with Crippen molar-refractivity contribution in [3.8, 4) is 0 Å². The number of benzene rings is 1. The van der Waals surface area contributed by atoms with E-state index < -0.39 is 18.0 Å². The molecule has 102 valence electrons. The zero-order chi connectivity index (χ0) is 14.4. The van der Waals surface area contributed by atoms with Crippen molar-refractivity contribution in [2.24, 2.45) is 0 Å². The maximum absolute atomic E-state index is 11.6. The van der Waals surface area contributed by atoms with E-state index in [4.69, 9.17) is 10.2 Å². The number of aliphatic hydroxyl groups excluding tert-OH is 1. The average molecular weight is 266 g/mol. The minimum atomic E-state index is -1.64. The van der Waals surface area contributed by atoms with E-state index in [2.05, 4.69) is 10.6 Å². The highest BCUT2D eigenvalue weighted by molar-refractivity contribution is 5.95. The van der Waals surface area contributed by atoms with Crippen molar-refractivity contribution in [1.29, 1.82) is 0 Å². The van der Waals surface area contributed by atoms with Crippen LogP contribution in [0.5, 0.6) is 0 Å². The van der Waals surface area contributed by atoms with Gasteiger partial charge in [-0.05, 0) is 24.3 Å². The topological polar surface area (TPSA) is 116 Å². The average Bonchev–Trinajstić information content (AvgIpc) is 2.35. The van der Waals surface area contributed by atoms with Crippen molar-refractivity contribution in [3.05, 3.63) is 29.8 Å². The molecule has 4 N–H and O–H groups in total. The van der Waals surface area contributed by atoms with Crippen LogP contribution in [0.25, 0.3) is 0 Å². The predicted molar refractivity (Wildman–Crippen MR) is 66.7 cm³/mol. The van der Waals surface area contributed by atoms with Crippen molar-refractivity contribution in [2.45, 2.75) is 13.0 Å². The lowest BCUT2D eigenvalue weighted by molar-refractivity contribution is -0.146. The van der Waals surface area contributed by atoms with Crippen LogP contribution in [-0.4, -0.2) is 40.6 Å². The quantitative estimate of drug-likeness (QED) is 0.590. The second-order valence-corrected chi connectivity index (χ2v) is 3.82. The maximum Gasteiger partial charge on any atom is 0.334 e. The maximum atomic E-state index is 11.6. The minimum Gasteiger partial charge on any atom is -0.479 e. The molecule has 0 spiro atoms. The number of hydrogen-bond donors (Lipinski definition) is 4. The summed E-state index contributed by atoms with van der Waals surface area (Å²) in [5.74, 6) is -2.13. The molecule has 0 saturated carbocycles. The van der Waals surface area contributed by atoms with E-state index in [1.54, 1.807) is 12.1 Å². The number of hydrogen-bond acceptors (Lipinski definition) is 4. The van der Waals surface area contributed by atoms with Gasteiger partial charge in [-0.3, -0.25) is 9.59 Å². The van der Waals surface area contributed by atoms with Crippen molar-refractivity contribution in [2.75, 3.05) is 11.9 Å². The summed E-state index contributed by atoms with van der Waals surface area (Å²) in [5, 5.41) is 22.3. The highest BCUT2D eigenvalue weighted by Crippen LogP contribution is 2.09. The summed E-state index contributed by atoms with van der Waals surface area (Å²) in [5.41, 5.74) is 0.848. The van der Waals surface area contributed by atoms with Crippen LogP contribution in [0, 0.1) is 0 Å². The number of rotatable bonds is 5. The Balaban J connectivity index is 2.58. The monoisotopic (exact) mass is 266 g/mol. The van der Waals surface area contributed by atoms with Gasteiger partial charge >= 0.3 is 5.97 Å². The number of carbonyl (C=O) groups is 3. The molecule has 0 aliphatic rings. The summed E-state index contributed by atoms with van der Waals surface area (Å²) in [4.78, 5) is 32.8. The molecule has 0 bridgehead atoms. The van der Waals surface area contributed by atoms with Crippen molar-refractivity contribution >= 4 is 23.5 Å². The number of anilines is 1. The van der Waals surface area contributed by atoms with Crippen LogP contribution < -0.4 is 10.6 Å². The van der Waals surface area contributed by atoms with Crippen molar-refractivity contribution < 1.29 is 24.6 Å². The van der Waals surface area contributed by atoms with Gasteiger partial charge in [-0.1, -0.05) is 0 Å². The Morgan fingerprint density at radius 1 is 1.21 bits per heavy atom. The first-order valence-electron chi connectivity index (χ1n) is 5.47. The molecule has 0 heterocycles. The summed E-state index contributed by atoms with van der Waals surface area (Å²) < 4.78 is 0. The Morgan fingerprint density at radius 2 is 1.79 bits per heavy atom. The summed E-state index contributed by atoms with van der Waals surface area (Å²) in [6.45, 7) is 0.996. The van der Waals surface area contributed by atoms with Gasteiger partial charge in [0.25, 0.3) is 5.91 Å². The molecule has 7 nitrogen and oxygen atoms in total. The number of nitrogens with one attached hydrogen (secondary N) is 2. The predicted octanol–water partition coefficient (Wildman–Crippen LogP) is -0.180. The molecule has 0 aliphatic heterocycles. The highest BCUT2D eigenvalue weighted by atomic mass is 16.4. The summed E-state index contributed by atoms with van der Waals surface area (Å²) in [6, 6.07) is 6.05. The van der Waals surface area contributed by atoms with E-state index >= 15 is 0 Å². The van der Waals surface area contributed by atoms with Gasteiger partial charge in [-0.15, -0.1) is 0 Å². The Kier molecular flexibility index (Phi) is 5.01. The van der Waals surface area contributed by atoms with Gasteiger partial charge in [-0.25, -0.2) is 4.79 Å². The number of carbonyl (C=O) groups excluding carboxylic acids is 2. The normalized spacial score (nSPS) is 11.5. The Hall–Kier alpha value is -2.41. The smallest absolute Gasteiger partial charge is 0.334 e. The fraction of sp³-hybridized carbons (Fsp3) is 0.250. The van der Waals surface area contributed by atoms with Gasteiger partial charge in [0, 0.05) is 18.2 Å². The van der Waals surface area contributed by atoms with E-state index in [1.165, 1.54) is 19.1 Å².